The van der Waals surface area contributed by atoms with Gasteiger partial charge < -0.3 is 10.2 Å². The van der Waals surface area contributed by atoms with Crippen LogP contribution >= 0.6 is 0 Å². The summed E-state index contributed by atoms with van der Waals surface area (Å²) in [4.78, 5) is 31.4. The van der Waals surface area contributed by atoms with Gasteiger partial charge >= 0.3 is 0 Å². The van der Waals surface area contributed by atoms with Gasteiger partial charge in [0.05, 0.1) is 5.60 Å². The molecule has 2 aliphatic rings. The molecule has 208 valence electrons. The maximum Gasteiger partial charge on any atom is 0.167 e. The van der Waals surface area contributed by atoms with Crippen LogP contribution < -0.4 is 0 Å². The Balaban J connectivity index is 1.45. The minimum atomic E-state index is -1.51. The molecule has 3 aromatic carbocycles. The molecule has 4 aromatic rings. The molecule has 41 heavy (non-hydrogen) atoms. The highest BCUT2D eigenvalue weighted by Crippen LogP contribution is 2.59. The van der Waals surface area contributed by atoms with Crippen LogP contribution in [0.3, 0.4) is 0 Å². The molecule has 1 aromatic heterocycles. The number of aromatic nitrogens is 1. The monoisotopic (exact) mass is 545 g/mol. The molecule has 0 aliphatic heterocycles. The highest BCUT2D eigenvalue weighted by Gasteiger charge is 2.62. The Morgan fingerprint density at radius 1 is 0.951 bits per heavy atom. The van der Waals surface area contributed by atoms with Crippen molar-refractivity contribution in [2.24, 2.45) is 5.92 Å². The average molecular weight is 546 g/mol. The van der Waals surface area contributed by atoms with Gasteiger partial charge in [-0.15, -0.1) is 0 Å². The van der Waals surface area contributed by atoms with E-state index in [1.165, 1.54) is 0 Å². The van der Waals surface area contributed by atoms with E-state index in [-0.39, 0.29) is 43.2 Å². The van der Waals surface area contributed by atoms with Crippen LogP contribution in [0.15, 0.2) is 97.2 Å². The molecular formula is C36H35NO4. The van der Waals surface area contributed by atoms with E-state index >= 15 is 0 Å². The minimum absolute atomic E-state index is 0.0298. The van der Waals surface area contributed by atoms with Gasteiger partial charge in [0, 0.05) is 41.3 Å². The van der Waals surface area contributed by atoms with Gasteiger partial charge in [0.15, 0.2) is 11.6 Å². The van der Waals surface area contributed by atoms with E-state index in [2.05, 4.69) is 17.1 Å². The molecule has 0 bridgehead atoms. The SMILES string of the molecule is Cc1ncccc1CC(=O)c1ccc2c(c1)C(=O)C[C@@H]1C[C@@](O)(c3ccccc3)[C@](C)(O)C[C@@]21Cc1ccccc1. The van der Waals surface area contributed by atoms with Gasteiger partial charge in [0.25, 0.3) is 0 Å². The van der Waals surface area contributed by atoms with Gasteiger partial charge in [-0.3, -0.25) is 14.6 Å². The summed E-state index contributed by atoms with van der Waals surface area (Å²) < 4.78 is 0. The third-order valence-electron chi connectivity index (χ3n) is 9.57. The second-order valence-electron chi connectivity index (χ2n) is 12.1. The molecule has 6 rings (SSSR count). The Kier molecular flexibility index (Phi) is 6.75. The van der Waals surface area contributed by atoms with Gasteiger partial charge in [0.1, 0.15) is 5.60 Å². The highest BCUT2D eigenvalue weighted by atomic mass is 16.4. The maximum absolute atomic E-state index is 13.8. The Labute approximate surface area is 240 Å². The number of Topliss-reactive ketones (excluding diaryl/α,β-unsaturated/α-hetero) is 2. The number of carbonyl (C=O) groups excluding carboxylic acids is 2. The molecule has 0 spiro atoms. The summed E-state index contributed by atoms with van der Waals surface area (Å²) in [7, 11) is 0. The lowest BCUT2D eigenvalue weighted by Crippen LogP contribution is -2.63. The Hall–Kier alpha value is -3.93. The normalized spacial score (nSPS) is 27.1. The van der Waals surface area contributed by atoms with Crippen molar-refractivity contribution in [2.75, 3.05) is 0 Å². The van der Waals surface area contributed by atoms with Gasteiger partial charge in [-0.25, -0.2) is 0 Å². The third kappa shape index (κ3) is 4.63. The summed E-state index contributed by atoms with van der Waals surface area (Å²) >= 11 is 0. The summed E-state index contributed by atoms with van der Waals surface area (Å²) in [5, 5.41) is 24.2. The summed E-state index contributed by atoms with van der Waals surface area (Å²) in [6.07, 6.45) is 3.30. The second kappa shape index (κ2) is 10.2. The van der Waals surface area contributed by atoms with Crippen molar-refractivity contribution in [2.45, 2.75) is 62.6 Å². The highest BCUT2D eigenvalue weighted by molar-refractivity contribution is 6.04. The first-order chi connectivity index (χ1) is 19.6. The van der Waals surface area contributed by atoms with Crippen molar-refractivity contribution in [1.82, 2.24) is 4.98 Å². The van der Waals surface area contributed by atoms with E-state index in [9.17, 15) is 19.8 Å². The van der Waals surface area contributed by atoms with Crippen molar-refractivity contribution in [3.63, 3.8) is 0 Å². The molecule has 5 nitrogen and oxygen atoms in total. The van der Waals surface area contributed by atoms with Crippen LogP contribution in [0, 0.1) is 12.8 Å². The minimum Gasteiger partial charge on any atom is -0.387 e. The second-order valence-corrected chi connectivity index (χ2v) is 12.1. The quantitative estimate of drug-likeness (QED) is 0.293. The smallest absolute Gasteiger partial charge is 0.167 e. The van der Waals surface area contributed by atoms with Crippen LogP contribution in [-0.4, -0.2) is 32.4 Å². The predicted molar refractivity (Wildman–Crippen MR) is 158 cm³/mol. The first-order valence-electron chi connectivity index (χ1n) is 14.3. The number of ketones is 2. The maximum atomic E-state index is 13.8. The molecule has 5 heteroatoms. The van der Waals surface area contributed by atoms with Crippen molar-refractivity contribution in [1.29, 1.82) is 0 Å². The number of hydrogen-bond donors (Lipinski definition) is 2. The molecule has 1 fully saturated rings. The van der Waals surface area contributed by atoms with E-state index in [0.29, 0.717) is 23.1 Å². The van der Waals surface area contributed by atoms with Crippen LogP contribution in [0.5, 0.6) is 0 Å². The van der Waals surface area contributed by atoms with E-state index in [1.807, 2.05) is 79.7 Å². The fraction of sp³-hybridized carbons (Fsp3) is 0.306. The Morgan fingerprint density at radius 3 is 2.37 bits per heavy atom. The Bertz CT molecular complexity index is 1610. The third-order valence-corrected chi connectivity index (χ3v) is 9.57. The zero-order valence-electron chi connectivity index (χ0n) is 23.5. The predicted octanol–water partition coefficient (Wildman–Crippen LogP) is 5.93. The fourth-order valence-electron chi connectivity index (χ4n) is 7.36. The molecule has 2 aliphatic carbocycles. The van der Waals surface area contributed by atoms with E-state index in [0.717, 1.165) is 22.4 Å². The number of benzene rings is 3. The van der Waals surface area contributed by atoms with Crippen LogP contribution in [0.2, 0.25) is 0 Å². The summed E-state index contributed by atoms with van der Waals surface area (Å²) in [5.74, 6) is -0.296. The molecular weight excluding hydrogens is 510 g/mol. The van der Waals surface area contributed by atoms with Gasteiger partial charge in [-0.05, 0) is 73.4 Å². The molecule has 1 heterocycles. The van der Waals surface area contributed by atoms with Crippen molar-refractivity contribution < 1.29 is 19.8 Å². The van der Waals surface area contributed by atoms with Crippen molar-refractivity contribution >= 4 is 11.6 Å². The lowest BCUT2D eigenvalue weighted by atomic mass is 9.48. The number of aryl methyl sites for hydroxylation is 1. The van der Waals surface area contributed by atoms with Crippen LogP contribution in [-0.2, 0) is 23.9 Å². The lowest BCUT2D eigenvalue weighted by molar-refractivity contribution is -0.203. The number of hydrogen-bond acceptors (Lipinski definition) is 5. The largest absolute Gasteiger partial charge is 0.387 e. The summed E-state index contributed by atoms with van der Waals surface area (Å²) in [5.41, 5.74) is 1.76. The topological polar surface area (TPSA) is 87.5 Å². The molecule has 4 atom stereocenters. The number of carbonyl (C=O) groups is 2. The van der Waals surface area contributed by atoms with E-state index < -0.39 is 16.6 Å². The van der Waals surface area contributed by atoms with Crippen molar-refractivity contribution in [3.05, 3.63) is 136 Å². The Morgan fingerprint density at radius 2 is 1.66 bits per heavy atom. The summed E-state index contributed by atoms with van der Waals surface area (Å²) in [6.45, 7) is 3.60. The zero-order valence-corrected chi connectivity index (χ0v) is 23.5. The van der Waals surface area contributed by atoms with Crippen LogP contribution in [0.25, 0.3) is 0 Å². The number of rotatable bonds is 6. The number of pyridine rings is 1. The van der Waals surface area contributed by atoms with E-state index in [4.69, 9.17) is 0 Å². The van der Waals surface area contributed by atoms with Crippen LogP contribution in [0.1, 0.15) is 74.8 Å². The molecule has 0 unspecified atom stereocenters. The first kappa shape index (κ1) is 27.3. The standard InChI is InChI=1S/C36H35NO4/c1-24-26(12-9-17-37-24)19-32(38)27-15-16-31-30(18-27)33(39)20-29-22-36(41,28-13-7-4-8-14-28)34(2,40)23-35(29,31)21-25-10-5-3-6-11-25/h3-18,29,40-41H,19-23H2,1-2H3/t29-,34-,35-,36-/m1/s1. The fourth-order valence-corrected chi connectivity index (χ4v) is 7.36. The molecule has 0 saturated heterocycles. The lowest BCUT2D eigenvalue weighted by Gasteiger charge is -2.59. The summed E-state index contributed by atoms with van der Waals surface area (Å²) in [6, 6.07) is 28.7. The zero-order chi connectivity index (χ0) is 28.8. The van der Waals surface area contributed by atoms with Gasteiger partial charge in [-0.2, -0.15) is 0 Å². The van der Waals surface area contributed by atoms with Gasteiger partial charge in [-0.1, -0.05) is 78.9 Å². The van der Waals surface area contributed by atoms with Crippen LogP contribution in [0.4, 0.5) is 0 Å². The first-order valence-corrected chi connectivity index (χ1v) is 14.3. The molecule has 0 radical (unpaired) electrons. The number of nitrogens with zero attached hydrogens (tertiary/aromatic N) is 1. The van der Waals surface area contributed by atoms with Crippen molar-refractivity contribution in [3.8, 4) is 0 Å². The molecule has 1 saturated carbocycles. The molecule has 2 N–H and O–H groups in total. The van der Waals surface area contributed by atoms with E-state index in [1.54, 1.807) is 19.2 Å². The number of aliphatic hydroxyl groups is 2. The molecule has 0 amide bonds. The van der Waals surface area contributed by atoms with Gasteiger partial charge in [0.2, 0.25) is 0 Å². The average Bonchev–Trinajstić information content (AvgIpc) is 2.97. The number of fused-ring (bicyclic) bond motifs is 3.